The topological polar surface area (TPSA) is 71.4 Å². The lowest BCUT2D eigenvalue weighted by Crippen LogP contribution is -2.37. The van der Waals surface area contributed by atoms with Gasteiger partial charge in [-0.1, -0.05) is 25.3 Å². The number of carbonyl (C=O) groups excluding carboxylic acids is 2. The third-order valence-electron chi connectivity index (χ3n) is 6.15. The van der Waals surface area contributed by atoms with E-state index in [0.717, 1.165) is 44.9 Å². The Balaban J connectivity index is 1.59. The molecular formula is C23H29N3O3S. The van der Waals surface area contributed by atoms with Crippen LogP contribution in [0.5, 0.6) is 0 Å². The first-order valence-electron chi connectivity index (χ1n) is 11.0. The van der Waals surface area contributed by atoms with E-state index in [2.05, 4.69) is 5.32 Å². The predicted octanol–water partition coefficient (Wildman–Crippen LogP) is 3.62. The molecule has 1 aliphatic heterocycles. The zero-order valence-corrected chi connectivity index (χ0v) is 18.1. The van der Waals surface area contributed by atoms with Crippen molar-refractivity contribution in [3.8, 4) is 0 Å². The van der Waals surface area contributed by atoms with Crippen LogP contribution in [0, 0.1) is 0 Å². The minimum atomic E-state index is -0.451. The first-order chi connectivity index (χ1) is 14.6. The third-order valence-corrected chi connectivity index (χ3v) is 7.08. The molecule has 0 spiro atoms. The van der Waals surface area contributed by atoms with Crippen LogP contribution in [0.1, 0.15) is 76.6 Å². The van der Waals surface area contributed by atoms with E-state index >= 15 is 0 Å². The van der Waals surface area contributed by atoms with Gasteiger partial charge >= 0.3 is 0 Å². The Labute approximate surface area is 180 Å². The predicted molar refractivity (Wildman–Crippen MR) is 118 cm³/mol. The van der Waals surface area contributed by atoms with Crippen molar-refractivity contribution in [1.82, 2.24) is 14.8 Å². The molecule has 1 N–H and O–H groups in total. The fourth-order valence-corrected chi connectivity index (χ4v) is 5.15. The van der Waals surface area contributed by atoms with Gasteiger partial charge in [-0.3, -0.25) is 14.4 Å². The van der Waals surface area contributed by atoms with E-state index in [-0.39, 0.29) is 23.1 Å². The lowest BCUT2D eigenvalue weighted by molar-refractivity contribution is 0.0790. The van der Waals surface area contributed by atoms with Crippen molar-refractivity contribution in [3.63, 3.8) is 0 Å². The van der Waals surface area contributed by atoms with Crippen molar-refractivity contribution < 1.29 is 9.59 Å². The number of aromatic nitrogens is 1. The van der Waals surface area contributed by atoms with Gasteiger partial charge in [0.1, 0.15) is 11.1 Å². The molecule has 7 heteroatoms. The van der Waals surface area contributed by atoms with E-state index in [1.807, 2.05) is 22.1 Å². The maximum atomic E-state index is 13.1. The summed E-state index contributed by atoms with van der Waals surface area (Å²) < 4.78 is 1.96. The summed E-state index contributed by atoms with van der Waals surface area (Å²) >= 11 is 1.65. The molecule has 0 radical (unpaired) electrons. The number of rotatable bonds is 6. The number of nitrogens with one attached hydrogen (secondary N) is 1. The van der Waals surface area contributed by atoms with Gasteiger partial charge in [0.2, 0.25) is 5.43 Å². The first kappa shape index (κ1) is 20.8. The molecule has 1 saturated heterocycles. The maximum absolute atomic E-state index is 13.1. The quantitative estimate of drug-likeness (QED) is 0.765. The molecule has 4 rings (SSSR count). The number of hydrogen-bond acceptors (Lipinski definition) is 4. The minimum absolute atomic E-state index is 0.0804. The van der Waals surface area contributed by atoms with Crippen molar-refractivity contribution in [2.45, 2.75) is 57.4 Å². The Morgan fingerprint density at radius 2 is 1.77 bits per heavy atom. The van der Waals surface area contributed by atoms with E-state index in [9.17, 15) is 14.4 Å². The van der Waals surface area contributed by atoms with Gasteiger partial charge in [0.15, 0.2) is 0 Å². The maximum Gasteiger partial charge on any atom is 0.259 e. The molecule has 2 aliphatic rings. The molecule has 2 aromatic heterocycles. The number of carbonyl (C=O) groups is 2. The number of nitrogens with zero attached hydrogens (tertiary/aromatic N) is 2. The molecule has 2 aromatic rings. The van der Waals surface area contributed by atoms with E-state index < -0.39 is 11.3 Å². The van der Waals surface area contributed by atoms with Gasteiger partial charge in [-0.15, -0.1) is 11.3 Å². The molecule has 2 fully saturated rings. The van der Waals surface area contributed by atoms with Crippen LogP contribution in [-0.2, 0) is 6.42 Å². The zero-order valence-electron chi connectivity index (χ0n) is 17.3. The van der Waals surface area contributed by atoms with Gasteiger partial charge in [-0.05, 0) is 43.6 Å². The molecule has 6 nitrogen and oxygen atoms in total. The van der Waals surface area contributed by atoms with E-state index in [1.54, 1.807) is 28.6 Å². The Morgan fingerprint density at radius 3 is 2.47 bits per heavy atom. The van der Waals surface area contributed by atoms with Crippen molar-refractivity contribution in [1.29, 1.82) is 0 Å². The smallest absolute Gasteiger partial charge is 0.259 e. The van der Waals surface area contributed by atoms with Crippen LogP contribution in [0.25, 0.3) is 0 Å². The largest absolute Gasteiger partial charge is 0.352 e. The molecule has 0 unspecified atom stereocenters. The van der Waals surface area contributed by atoms with Gasteiger partial charge in [0.05, 0.1) is 0 Å². The average molecular weight is 428 g/mol. The molecule has 160 valence electrons. The highest BCUT2D eigenvalue weighted by Gasteiger charge is 2.26. The molecule has 0 aromatic carbocycles. The summed E-state index contributed by atoms with van der Waals surface area (Å²) in [4.78, 5) is 41.9. The van der Waals surface area contributed by atoms with Gasteiger partial charge < -0.3 is 14.8 Å². The summed E-state index contributed by atoms with van der Waals surface area (Å²) in [7, 11) is 0. The average Bonchev–Trinajstić information content (AvgIpc) is 3.48. The standard InChI is InChI=1S/C23H29N3O3S/c27-21-19(22(28)24-11-10-18-9-6-14-30-18)15-26(17-7-2-1-3-8-17)16-20(21)23(29)25-12-4-5-13-25/h6,9,14-17H,1-5,7-8,10-13H2,(H,24,28). The lowest BCUT2D eigenvalue weighted by Gasteiger charge is -2.26. The van der Waals surface area contributed by atoms with Gasteiger partial charge in [-0.2, -0.15) is 0 Å². The Morgan fingerprint density at radius 1 is 1.03 bits per heavy atom. The number of amides is 2. The molecule has 3 heterocycles. The van der Waals surface area contributed by atoms with Crippen LogP contribution in [-0.4, -0.2) is 40.9 Å². The Kier molecular flexibility index (Phi) is 6.67. The summed E-state index contributed by atoms with van der Waals surface area (Å²) in [6.07, 6.45) is 11.5. The number of pyridine rings is 1. The van der Waals surface area contributed by atoms with Crippen molar-refractivity contribution in [2.75, 3.05) is 19.6 Å². The Bertz CT molecular complexity index is 939. The third kappa shape index (κ3) is 4.67. The van der Waals surface area contributed by atoms with Gasteiger partial charge in [0.25, 0.3) is 11.8 Å². The first-order valence-corrected chi connectivity index (χ1v) is 11.9. The molecule has 0 bridgehead atoms. The monoisotopic (exact) mass is 427 g/mol. The van der Waals surface area contributed by atoms with E-state index in [1.165, 1.54) is 11.3 Å². The second-order valence-electron chi connectivity index (χ2n) is 8.24. The summed E-state index contributed by atoms with van der Waals surface area (Å²) in [6, 6.07) is 4.25. The second-order valence-corrected chi connectivity index (χ2v) is 9.27. The van der Waals surface area contributed by atoms with E-state index in [0.29, 0.717) is 19.6 Å². The highest BCUT2D eigenvalue weighted by Crippen LogP contribution is 2.28. The van der Waals surface area contributed by atoms with Gasteiger partial charge in [0, 0.05) is 42.9 Å². The summed E-state index contributed by atoms with van der Waals surface area (Å²) in [5.74, 6) is -0.632. The molecule has 30 heavy (non-hydrogen) atoms. The number of thiophene rings is 1. The SMILES string of the molecule is O=C(NCCc1cccs1)c1cn(C2CCCCC2)cc(C(=O)N2CCCC2)c1=O. The minimum Gasteiger partial charge on any atom is -0.352 e. The normalized spacial score (nSPS) is 17.3. The highest BCUT2D eigenvalue weighted by molar-refractivity contribution is 7.09. The molecule has 2 amide bonds. The van der Waals surface area contributed by atoms with E-state index in [4.69, 9.17) is 0 Å². The van der Waals surface area contributed by atoms with Crippen molar-refractivity contribution in [3.05, 3.63) is 56.1 Å². The molecule has 1 saturated carbocycles. The molecular weight excluding hydrogens is 398 g/mol. The van der Waals surface area contributed by atoms with Crippen LogP contribution < -0.4 is 10.7 Å². The van der Waals surface area contributed by atoms with Crippen LogP contribution in [0.3, 0.4) is 0 Å². The molecule has 0 atom stereocenters. The fourth-order valence-electron chi connectivity index (χ4n) is 4.44. The van der Waals surface area contributed by atoms with Gasteiger partial charge in [-0.25, -0.2) is 0 Å². The summed E-state index contributed by atoms with van der Waals surface area (Å²) in [5, 5.41) is 4.88. The van der Waals surface area contributed by atoms with Crippen LogP contribution in [0.4, 0.5) is 0 Å². The Hall–Kier alpha value is -2.41. The second kappa shape index (κ2) is 9.60. The zero-order chi connectivity index (χ0) is 20.9. The lowest BCUT2D eigenvalue weighted by atomic mass is 9.95. The molecule has 1 aliphatic carbocycles. The number of likely N-dealkylation sites (tertiary alicyclic amines) is 1. The van der Waals surface area contributed by atoms with Crippen LogP contribution >= 0.6 is 11.3 Å². The fraction of sp³-hybridized carbons (Fsp3) is 0.522. The number of hydrogen-bond donors (Lipinski definition) is 1. The summed E-state index contributed by atoms with van der Waals surface area (Å²) in [5.41, 5.74) is -0.238. The highest BCUT2D eigenvalue weighted by atomic mass is 32.1. The van der Waals surface area contributed by atoms with Crippen molar-refractivity contribution >= 4 is 23.2 Å². The van der Waals surface area contributed by atoms with Crippen molar-refractivity contribution in [2.24, 2.45) is 0 Å². The van der Waals surface area contributed by atoms with Crippen LogP contribution in [0.15, 0.2) is 34.7 Å². The van der Waals surface area contributed by atoms with Crippen LogP contribution in [0.2, 0.25) is 0 Å². The summed E-state index contributed by atoms with van der Waals surface area (Å²) in [6.45, 7) is 1.82.